The first kappa shape index (κ1) is 17.8. The molecule has 0 aromatic heterocycles. The SMILES string of the molecule is CCCCN(CC(F)(F)F)C1CCN(C(C)(C)C)CC1. The molecular weight excluding hydrogens is 265 g/mol. The molecule has 1 rings (SSSR count). The molecule has 0 aromatic carbocycles. The van der Waals surface area contributed by atoms with E-state index >= 15 is 0 Å². The minimum absolute atomic E-state index is 0.0850. The smallest absolute Gasteiger partial charge is 0.298 e. The molecule has 120 valence electrons. The van der Waals surface area contributed by atoms with Gasteiger partial charge in [0, 0.05) is 24.7 Å². The normalized spacial score (nSPS) is 19.8. The van der Waals surface area contributed by atoms with Crippen LogP contribution in [0.25, 0.3) is 0 Å². The van der Waals surface area contributed by atoms with E-state index in [1.807, 2.05) is 6.92 Å². The summed E-state index contributed by atoms with van der Waals surface area (Å²) in [7, 11) is 0. The molecule has 1 saturated heterocycles. The number of nitrogens with zero attached hydrogens (tertiary/aromatic N) is 2. The van der Waals surface area contributed by atoms with E-state index in [1.54, 1.807) is 4.90 Å². The molecule has 1 aliphatic rings. The van der Waals surface area contributed by atoms with Crippen LogP contribution >= 0.6 is 0 Å². The van der Waals surface area contributed by atoms with Crippen LogP contribution in [0.3, 0.4) is 0 Å². The highest BCUT2D eigenvalue weighted by Crippen LogP contribution is 2.26. The van der Waals surface area contributed by atoms with Gasteiger partial charge in [-0.2, -0.15) is 13.2 Å². The van der Waals surface area contributed by atoms with Gasteiger partial charge in [0.1, 0.15) is 0 Å². The van der Waals surface area contributed by atoms with Crippen LogP contribution in [0.5, 0.6) is 0 Å². The third kappa shape index (κ3) is 6.00. The summed E-state index contributed by atoms with van der Waals surface area (Å²) in [6.07, 6.45) is -0.617. The topological polar surface area (TPSA) is 6.48 Å². The molecule has 0 aromatic rings. The van der Waals surface area contributed by atoms with Crippen molar-refractivity contribution >= 4 is 0 Å². The van der Waals surface area contributed by atoms with Gasteiger partial charge in [0.2, 0.25) is 0 Å². The zero-order valence-corrected chi connectivity index (χ0v) is 13.3. The third-order valence-electron chi connectivity index (χ3n) is 4.11. The number of rotatable bonds is 5. The second-order valence-corrected chi connectivity index (χ2v) is 6.83. The van der Waals surface area contributed by atoms with Crippen molar-refractivity contribution < 1.29 is 13.2 Å². The van der Waals surface area contributed by atoms with E-state index < -0.39 is 12.7 Å². The molecule has 0 saturated carbocycles. The summed E-state index contributed by atoms with van der Waals surface area (Å²) in [5.74, 6) is 0. The standard InChI is InChI=1S/C15H29F3N2/c1-5-6-9-19(12-15(16,17)18)13-7-10-20(11-8-13)14(2,3)4/h13H,5-12H2,1-4H3. The Morgan fingerprint density at radius 3 is 2.05 bits per heavy atom. The first-order valence-corrected chi connectivity index (χ1v) is 7.69. The van der Waals surface area contributed by atoms with Crippen molar-refractivity contribution in [1.29, 1.82) is 0 Å². The van der Waals surface area contributed by atoms with Gasteiger partial charge >= 0.3 is 6.18 Å². The van der Waals surface area contributed by atoms with Crippen LogP contribution in [-0.2, 0) is 0 Å². The Morgan fingerprint density at radius 2 is 1.65 bits per heavy atom. The fourth-order valence-electron chi connectivity index (χ4n) is 2.88. The summed E-state index contributed by atoms with van der Waals surface area (Å²) in [6, 6.07) is 0.0850. The van der Waals surface area contributed by atoms with E-state index in [9.17, 15) is 13.2 Å². The molecule has 5 heteroatoms. The molecule has 0 atom stereocenters. The van der Waals surface area contributed by atoms with Crippen molar-refractivity contribution in [3.63, 3.8) is 0 Å². The van der Waals surface area contributed by atoms with Gasteiger partial charge in [0.05, 0.1) is 6.54 Å². The zero-order chi connectivity index (χ0) is 15.4. The summed E-state index contributed by atoms with van der Waals surface area (Å²) in [5, 5.41) is 0. The first-order valence-electron chi connectivity index (χ1n) is 7.69. The molecule has 0 aliphatic carbocycles. The van der Waals surface area contributed by atoms with Gasteiger partial charge in [-0.15, -0.1) is 0 Å². The van der Waals surface area contributed by atoms with Crippen molar-refractivity contribution in [2.24, 2.45) is 0 Å². The molecule has 0 bridgehead atoms. The molecule has 0 radical (unpaired) electrons. The summed E-state index contributed by atoms with van der Waals surface area (Å²) in [6.45, 7) is 10.1. The average Bonchev–Trinajstić information content (AvgIpc) is 2.32. The molecule has 2 nitrogen and oxygen atoms in total. The average molecular weight is 294 g/mol. The summed E-state index contributed by atoms with van der Waals surface area (Å²) >= 11 is 0. The predicted octanol–water partition coefficient (Wildman–Crippen LogP) is 3.91. The van der Waals surface area contributed by atoms with Crippen LogP contribution < -0.4 is 0 Å². The molecule has 0 spiro atoms. The number of halogens is 3. The lowest BCUT2D eigenvalue weighted by Crippen LogP contribution is -2.52. The summed E-state index contributed by atoms with van der Waals surface area (Å²) in [4.78, 5) is 4.03. The highest BCUT2D eigenvalue weighted by Gasteiger charge is 2.36. The maximum Gasteiger partial charge on any atom is 0.401 e. The van der Waals surface area contributed by atoms with Crippen LogP contribution in [0.2, 0.25) is 0 Å². The Hall–Kier alpha value is -0.290. The molecule has 1 heterocycles. The number of hydrogen-bond donors (Lipinski definition) is 0. The van der Waals surface area contributed by atoms with Crippen molar-refractivity contribution in [1.82, 2.24) is 9.80 Å². The largest absolute Gasteiger partial charge is 0.401 e. The predicted molar refractivity (Wildman–Crippen MR) is 76.9 cm³/mol. The number of piperidine rings is 1. The Labute approximate surface area is 121 Å². The Bertz CT molecular complexity index is 276. The van der Waals surface area contributed by atoms with Crippen LogP contribution in [0.4, 0.5) is 13.2 Å². The molecule has 1 fully saturated rings. The van der Waals surface area contributed by atoms with Crippen molar-refractivity contribution in [3.8, 4) is 0 Å². The maximum atomic E-state index is 12.7. The maximum absolute atomic E-state index is 12.7. The van der Waals surface area contributed by atoms with Crippen molar-refractivity contribution in [3.05, 3.63) is 0 Å². The van der Waals surface area contributed by atoms with Gasteiger partial charge in [0.15, 0.2) is 0 Å². The highest BCUT2D eigenvalue weighted by molar-refractivity contribution is 4.86. The van der Waals surface area contributed by atoms with E-state index in [-0.39, 0.29) is 11.6 Å². The van der Waals surface area contributed by atoms with E-state index in [2.05, 4.69) is 25.7 Å². The fraction of sp³-hybridized carbons (Fsp3) is 1.00. The van der Waals surface area contributed by atoms with E-state index in [1.165, 1.54) is 0 Å². The van der Waals surface area contributed by atoms with E-state index in [0.717, 1.165) is 38.8 Å². The molecule has 0 unspecified atom stereocenters. The molecule has 1 aliphatic heterocycles. The molecule has 0 N–H and O–H groups in total. The Kier molecular flexibility index (Phi) is 6.32. The zero-order valence-electron chi connectivity index (χ0n) is 13.3. The van der Waals surface area contributed by atoms with Crippen LogP contribution in [0.1, 0.15) is 53.4 Å². The number of alkyl halides is 3. The van der Waals surface area contributed by atoms with Gasteiger partial charge in [-0.05, 0) is 46.6 Å². The quantitative estimate of drug-likeness (QED) is 0.758. The monoisotopic (exact) mass is 294 g/mol. The molecule has 20 heavy (non-hydrogen) atoms. The minimum Gasteiger partial charge on any atom is -0.298 e. The van der Waals surface area contributed by atoms with Crippen LogP contribution in [0.15, 0.2) is 0 Å². The number of likely N-dealkylation sites (tertiary alicyclic amines) is 1. The lowest BCUT2D eigenvalue weighted by atomic mass is 9.97. The fourth-order valence-corrected chi connectivity index (χ4v) is 2.88. The van der Waals surface area contributed by atoms with E-state index in [4.69, 9.17) is 0 Å². The molecular formula is C15H29F3N2. The van der Waals surface area contributed by atoms with Gasteiger partial charge in [-0.25, -0.2) is 0 Å². The van der Waals surface area contributed by atoms with Gasteiger partial charge in [-0.1, -0.05) is 13.3 Å². The molecule has 0 amide bonds. The lowest BCUT2D eigenvalue weighted by Gasteiger charge is -2.44. The minimum atomic E-state index is -4.09. The Balaban J connectivity index is 2.56. The summed E-state index contributed by atoms with van der Waals surface area (Å²) in [5.41, 5.74) is 0.114. The number of hydrogen-bond acceptors (Lipinski definition) is 2. The highest BCUT2D eigenvalue weighted by atomic mass is 19.4. The first-order chi connectivity index (χ1) is 9.13. The Morgan fingerprint density at radius 1 is 1.10 bits per heavy atom. The van der Waals surface area contributed by atoms with Gasteiger partial charge in [-0.3, -0.25) is 9.80 Å². The van der Waals surface area contributed by atoms with Gasteiger partial charge in [0.25, 0.3) is 0 Å². The second kappa shape index (κ2) is 7.12. The summed E-state index contributed by atoms with van der Waals surface area (Å²) < 4.78 is 38.1. The number of unbranched alkanes of at least 4 members (excludes halogenated alkanes) is 1. The van der Waals surface area contributed by atoms with Crippen LogP contribution in [0, 0.1) is 0 Å². The third-order valence-corrected chi connectivity index (χ3v) is 4.11. The van der Waals surface area contributed by atoms with Gasteiger partial charge < -0.3 is 0 Å². The lowest BCUT2D eigenvalue weighted by molar-refractivity contribution is -0.153. The van der Waals surface area contributed by atoms with Crippen molar-refractivity contribution in [2.75, 3.05) is 26.2 Å². The van der Waals surface area contributed by atoms with E-state index in [0.29, 0.717) is 6.54 Å². The second-order valence-electron chi connectivity index (χ2n) is 6.83. The van der Waals surface area contributed by atoms with Crippen LogP contribution in [-0.4, -0.2) is 53.7 Å². The van der Waals surface area contributed by atoms with Crippen molar-refractivity contribution in [2.45, 2.75) is 71.1 Å².